The Hall–Kier alpha value is -2.21. The number of nitrogens with zero attached hydrogens (tertiary/aromatic N) is 1. The van der Waals surface area contributed by atoms with Gasteiger partial charge in [0.25, 0.3) is 0 Å². The molecule has 22 heavy (non-hydrogen) atoms. The lowest BCUT2D eigenvalue weighted by Crippen LogP contribution is -2.16. The second-order valence-corrected chi connectivity index (χ2v) is 5.79. The molecule has 1 amide bonds. The van der Waals surface area contributed by atoms with E-state index in [4.69, 9.17) is 9.47 Å². The average molecular weight is 316 g/mol. The summed E-state index contributed by atoms with van der Waals surface area (Å²) in [6.45, 7) is 1.09. The minimum atomic E-state index is -0.0277. The highest BCUT2D eigenvalue weighted by Crippen LogP contribution is 2.32. The van der Waals surface area contributed by atoms with Gasteiger partial charge in [0.1, 0.15) is 13.2 Å². The van der Waals surface area contributed by atoms with Gasteiger partial charge in [0.15, 0.2) is 11.5 Å². The Kier molecular flexibility index (Phi) is 4.80. The zero-order chi connectivity index (χ0) is 15.2. The number of fused-ring (bicyclic) bond motifs is 1. The molecule has 0 saturated carbocycles. The van der Waals surface area contributed by atoms with Gasteiger partial charge in [0.05, 0.1) is 5.03 Å². The summed E-state index contributed by atoms with van der Waals surface area (Å²) in [6, 6.07) is 11.2. The molecule has 3 rings (SSSR count). The highest BCUT2D eigenvalue weighted by atomic mass is 32.2. The van der Waals surface area contributed by atoms with Crippen LogP contribution in [0.2, 0.25) is 0 Å². The summed E-state index contributed by atoms with van der Waals surface area (Å²) in [5.74, 6) is 2.05. The predicted molar refractivity (Wildman–Crippen MR) is 85.6 cm³/mol. The molecule has 2 aromatic rings. The zero-order valence-electron chi connectivity index (χ0n) is 12.0. The van der Waals surface area contributed by atoms with Crippen LogP contribution in [0, 0.1) is 0 Å². The molecule has 0 unspecified atom stereocenters. The number of benzene rings is 1. The maximum Gasteiger partial charge on any atom is 0.225 e. The molecule has 0 bridgehead atoms. The Morgan fingerprint density at radius 1 is 1.18 bits per heavy atom. The molecule has 1 aromatic carbocycles. The monoisotopic (exact) mass is 316 g/mol. The standard InChI is InChI=1S/C16H16N2O3S/c19-15(6-10-22-16-3-1-2-7-17-16)18-12-4-5-13-14(11-12)21-9-8-20-13/h1-5,7,11H,6,8-10H2,(H,18,19). The van der Waals surface area contributed by atoms with E-state index >= 15 is 0 Å². The number of hydrogen-bond acceptors (Lipinski definition) is 5. The van der Waals surface area contributed by atoms with Crippen LogP contribution in [0.4, 0.5) is 5.69 Å². The number of aromatic nitrogens is 1. The third-order valence-corrected chi connectivity index (χ3v) is 3.99. The van der Waals surface area contributed by atoms with E-state index in [1.165, 1.54) is 0 Å². The topological polar surface area (TPSA) is 60.5 Å². The molecule has 0 radical (unpaired) electrons. The van der Waals surface area contributed by atoms with Crippen molar-refractivity contribution in [3.05, 3.63) is 42.6 Å². The molecule has 6 heteroatoms. The Labute approximate surface area is 133 Å². The highest BCUT2D eigenvalue weighted by molar-refractivity contribution is 7.99. The van der Waals surface area contributed by atoms with Crippen molar-refractivity contribution in [2.24, 2.45) is 0 Å². The number of nitrogens with one attached hydrogen (secondary N) is 1. The van der Waals surface area contributed by atoms with Crippen molar-refractivity contribution in [1.82, 2.24) is 4.98 Å². The summed E-state index contributed by atoms with van der Waals surface area (Å²) >= 11 is 1.57. The number of pyridine rings is 1. The minimum absolute atomic E-state index is 0.0277. The molecular weight excluding hydrogens is 300 g/mol. The van der Waals surface area contributed by atoms with Crippen molar-refractivity contribution in [3.8, 4) is 11.5 Å². The fourth-order valence-corrected chi connectivity index (χ4v) is 2.83. The van der Waals surface area contributed by atoms with Crippen LogP contribution in [0.3, 0.4) is 0 Å². The lowest BCUT2D eigenvalue weighted by atomic mass is 10.2. The van der Waals surface area contributed by atoms with Gasteiger partial charge >= 0.3 is 0 Å². The van der Waals surface area contributed by atoms with Gasteiger partial charge in [-0.15, -0.1) is 11.8 Å². The number of ether oxygens (including phenoxy) is 2. The van der Waals surface area contributed by atoms with Gasteiger partial charge < -0.3 is 14.8 Å². The van der Waals surface area contributed by atoms with Crippen LogP contribution in [-0.2, 0) is 4.79 Å². The molecule has 0 atom stereocenters. The van der Waals surface area contributed by atoms with E-state index in [1.54, 1.807) is 24.0 Å². The first-order valence-corrected chi connectivity index (χ1v) is 8.03. The van der Waals surface area contributed by atoms with Gasteiger partial charge in [-0.25, -0.2) is 4.98 Å². The number of amides is 1. The molecule has 5 nitrogen and oxygen atoms in total. The normalized spacial score (nSPS) is 12.7. The average Bonchev–Trinajstić information content (AvgIpc) is 2.56. The van der Waals surface area contributed by atoms with E-state index in [9.17, 15) is 4.79 Å². The van der Waals surface area contributed by atoms with Crippen LogP contribution in [-0.4, -0.2) is 29.9 Å². The summed E-state index contributed by atoms with van der Waals surface area (Å²) in [7, 11) is 0. The molecule has 1 aliphatic rings. The van der Waals surface area contributed by atoms with E-state index in [-0.39, 0.29) is 5.91 Å². The molecular formula is C16H16N2O3S. The summed E-state index contributed by atoms with van der Waals surface area (Å²) in [5.41, 5.74) is 0.720. The molecule has 1 N–H and O–H groups in total. The van der Waals surface area contributed by atoms with Crippen LogP contribution in [0.5, 0.6) is 11.5 Å². The Morgan fingerprint density at radius 3 is 2.86 bits per heavy atom. The number of carbonyl (C=O) groups is 1. The fraction of sp³-hybridized carbons (Fsp3) is 0.250. The maximum absolute atomic E-state index is 12.0. The first-order valence-electron chi connectivity index (χ1n) is 7.04. The van der Waals surface area contributed by atoms with Gasteiger partial charge in [0.2, 0.25) is 5.91 Å². The second kappa shape index (κ2) is 7.17. The van der Waals surface area contributed by atoms with Crippen molar-refractivity contribution >= 4 is 23.4 Å². The molecule has 0 aliphatic carbocycles. The molecule has 0 fully saturated rings. The summed E-state index contributed by atoms with van der Waals surface area (Å²) in [6.07, 6.45) is 2.17. The Morgan fingerprint density at radius 2 is 2.05 bits per heavy atom. The van der Waals surface area contributed by atoms with Crippen molar-refractivity contribution in [2.45, 2.75) is 11.4 Å². The van der Waals surface area contributed by atoms with Crippen LogP contribution in [0.15, 0.2) is 47.6 Å². The van der Waals surface area contributed by atoms with Gasteiger partial charge in [-0.3, -0.25) is 4.79 Å². The van der Waals surface area contributed by atoms with E-state index in [1.807, 2.05) is 30.3 Å². The molecule has 0 saturated heterocycles. The SMILES string of the molecule is O=C(CCSc1ccccn1)Nc1ccc2c(c1)OCCO2. The largest absolute Gasteiger partial charge is 0.486 e. The number of carbonyl (C=O) groups excluding carboxylic acids is 1. The van der Waals surface area contributed by atoms with Crippen molar-refractivity contribution in [1.29, 1.82) is 0 Å². The highest BCUT2D eigenvalue weighted by Gasteiger charge is 2.12. The number of rotatable bonds is 5. The third kappa shape index (κ3) is 3.92. The van der Waals surface area contributed by atoms with Crippen LogP contribution in [0.25, 0.3) is 0 Å². The van der Waals surface area contributed by atoms with Crippen molar-refractivity contribution in [3.63, 3.8) is 0 Å². The smallest absolute Gasteiger partial charge is 0.225 e. The van der Waals surface area contributed by atoms with Gasteiger partial charge in [-0.05, 0) is 24.3 Å². The Balaban J connectivity index is 1.49. The molecule has 1 aromatic heterocycles. The van der Waals surface area contributed by atoms with Crippen LogP contribution >= 0.6 is 11.8 Å². The van der Waals surface area contributed by atoms with Gasteiger partial charge in [0, 0.05) is 30.1 Å². The quantitative estimate of drug-likeness (QED) is 0.859. The Bertz CT molecular complexity index is 649. The fourth-order valence-electron chi connectivity index (χ4n) is 2.03. The first-order chi connectivity index (χ1) is 10.8. The van der Waals surface area contributed by atoms with E-state index in [2.05, 4.69) is 10.3 Å². The predicted octanol–water partition coefficient (Wildman–Crippen LogP) is 2.97. The van der Waals surface area contributed by atoms with Gasteiger partial charge in [-0.2, -0.15) is 0 Å². The lowest BCUT2D eigenvalue weighted by molar-refractivity contribution is -0.115. The summed E-state index contributed by atoms with van der Waals surface area (Å²) < 4.78 is 10.9. The molecule has 0 spiro atoms. The number of anilines is 1. The molecule has 2 heterocycles. The second-order valence-electron chi connectivity index (χ2n) is 4.67. The summed E-state index contributed by atoms with van der Waals surface area (Å²) in [5, 5.41) is 3.80. The zero-order valence-corrected chi connectivity index (χ0v) is 12.8. The van der Waals surface area contributed by atoms with Crippen molar-refractivity contribution in [2.75, 3.05) is 24.3 Å². The van der Waals surface area contributed by atoms with Crippen LogP contribution in [0.1, 0.15) is 6.42 Å². The molecule has 1 aliphatic heterocycles. The van der Waals surface area contributed by atoms with Crippen LogP contribution < -0.4 is 14.8 Å². The maximum atomic E-state index is 12.0. The third-order valence-electron chi connectivity index (χ3n) is 3.04. The molecule has 114 valence electrons. The first kappa shape index (κ1) is 14.7. The van der Waals surface area contributed by atoms with Gasteiger partial charge in [-0.1, -0.05) is 6.07 Å². The van der Waals surface area contributed by atoms with Crippen molar-refractivity contribution < 1.29 is 14.3 Å². The minimum Gasteiger partial charge on any atom is -0.486 e. The van der Waals surface area contributed by atoms with E-state index < -0.39 is 0 Å². The number of hydrogen-bond donors (Lipinski definition) is 1. The lowest BCUT2D eigenvalue weighted by Gasteiger charge is -2.19. The van der Waals surface area contributed by atoms with E-state index in [0.29, 0.717) is 31.1 Å². The number of thioether (sulfide) groups is 1. The summed E-state index contributed by atoms with van der Waals surface area (Å²) in [4.78, 5) is 16.2. The van der Waals surface area contributed by atoms with E-state index in [0.717, 1.165) is 16.5 Å².